The maximum Gasteiger partial charge on any atom is 0.241 e. The Balaban J connectivity index is 2.22. The van der Waals surface area contributed by atoms with Crippen LogP contribution in [0.25, 0.3) is 11.5 Å². The van der Waals surface area contributed by atoms with Gasteiger partial charge < -0.3 is 15.5 Å². The summed E-state index contributed by atoms with van der Waals surface area (Å²) in [6, 6.07) is 5.07. The third-order valence-electron chi connectivity index (χ3n) is 3.19. The molecule has 0 bridgehead atoms. The molecular weight excluding hydrogens is 254 g/mol. The van der Waals surface area contributed by atoms with E-state index in [4.69, 9.17) is 10.2 Å². The number of hydrogen-bond donors (Lipinski definition) is 2. The lowest BCUT2D eigenvalue weighted by Crippen LogP contribution is -2.39. The Morgan fingerprint density at radius 3 is 2.75 bits per heavy atom. The van der Waals surface area contributed by atoms with Crippen molar-refractivity contribution in [1.29, 1.82) is 0 Å². The SMILES string of the molecule is Cc1ccc(NC(=O)[C@@H](N)C(C)C)cc1-c1ncco1. The summed E-state index contributed by atoms with van der Waals surface area (Å²) in [6.07, 6.45) is 3.11. The average molecular weight is 273 g/mol. The molecule has 0 aliphatic rings. The van der Waals surface area contributed by atoms with Crippen molar-refractivity contribution in [2.24, 2.45) is 11.7 Å². The highest BCUT2D eigenvalue weighted by Gasteiger charge is 2.17. The van der Waals surface area contributed by atoms with Crippen LogP contribution in [-0.2, 0) is 4.79 Å². The zero-order valence-corrected chi connectivity index (χ0v) is 11.9. The van der Waals surface area contributed by atoms with E-state index < -0.39 is 6.04 Å². The van der Waals surface area contributed by atoms with Crippen molar-refractivity contribution in [2.45, 2.75) is 26.8 Å². The first-order chi connectivity index (χ1) is 9.49. The highest BCUT2D eigenvalue weighted by Crippen LogP contribution is 2.25. The minimum Gasteiger partial charge on any atom is -0.445 e. The Bertz CT molecular complexity index is 591. The molecule has 0 radical (unpaired) electrons. The Labute approximate surface area is 118 Å². The molecule has 0 saturated carbocycles. The van der Waals surface area contributed by atoms with Crippen LogP contribution in [0.1, 0.15) is 19.4 Å². The topological polar surface area (TPSA) is 81.2 Å². The molecule has 1 atom stereocenters. The second kappa shape index (κ2) is 5.88. The molecule has 20 heavy (non-hydrogen) atoms. The normalized spacial score (nSPS) is 12.4. The Morgan fingerprint density at radius 1 is 1.40 bits per heavy atom. The number of aryl methyl sites for hydroxylation is 1. The van der Waals surface area contributed by atoms with Crippen molar-refractivity contribution in [1.82, 2.24) is 4.98 Å². The molecule has 1 heterocycles. The van der Waals surface area contributed by atoms with Gasteiger partial charge in [0, 0.05) is 11.3 Å². The molecule has 1 aromatic carbocycles. The van der Waals surface area contributed by atoms with E-state index in [0.717, 1.165) is 11.1 Å². The molecule has 0 unspecified atom stereocenters. The number of rotatable bonds is 4. The molecular formula is C15H19N3O2. The third kappa shape index (κ3) is 3.05. The Hall–Kier alpha value is -2.14. The monoisotopic (exact) mass is 273 g/mol. The van der Waals surface area contributed by atoms with Gasteiger partial charge in [-0.05, 0) is 30.5 Å². The summed E-state index contributed by atoms with van der Waals surface area (Å²) in [5, 5.41) is 2.82. The maximum atomic E-state index is 12.0. The van der Waals surface area contributed by atoms with Crippen molar-refractivity contribution in [3.8, 4) is 11.5 Å². The largest absolute Gasteiger partial charge is 0.445 e. The summed E-state index contributed by atoms with van der Waals surface area (Å²) >= 11 is 0. The van der Waals surface area contributed by atoms with Crippen LogP contribution in [0.3, 0.4) is 0 Å². The fourth-order valence-corrected chi connectivity index (χ4v) is 1.81. The lowest BCUT2D eigenvalue weighted by atomic mass is 10.0. The molecule has 5 nitrogen and oxygen atoms in total. The van der Waals surface area contributed by atoms with Crippen LogP contribution in [0.15, 0.2) is 35.1 Å². The van der Waals surface area contributed by atoms with E-state index in [9.17, 15) is 4.79 Å². The van der Waals surface area contributed by atoms with Gasteiger partial charge in [-0.1, -0.05) is 19.9 Å². The van der Waals surface area contributed by atoms with Gasteiger partial charge in [-0.15, -0.1) is 0 Å². The quantitative estimate of drug-likeness (QED) is 0.897. The van der Waals surface area contributed by atoms with Crippen molar-refractivity contribution in [3.05, 3.63) is 36.2 Å². The van der Waals surface area contributed by atoms with Crippen molar-refractivity contribution < 1.29 is 9.21 Å². The molecule has 3 N–H and O–H groups in total. The standard InChI is InChI=1S/C15H19N3O2/c1-9(2)13(16)14(19)18-11-5-4-10(3)12(8-11)15-17-6-7-20-15/h4-9,13H,16H2,1-3H3,(H,18,19)/t13-/m0/s1. The molecule has 106 valence electrons. The summed E-state index contributed by atoms with van der Waals surface area (Å²) in [5.74, 6) is 0.431. The number of nitrogens with two attached hydrogens (primary N) is 1. The third-order valence-corrected chi connectivity index (χ3v) is 3.19. The van der Waals surface area contributed by atoms with Gasteiger partial charge in [0.2, 0.25) is 11.8 Å². The molecule has 0 spiro atoms. The van der Waals surface area contributed by atoms with E-state index in [0.29, 0.717) is 11.6 Å². The van der Waals surface area contributed by atoms with Gasteiger partial charge in [-0.3, -0.25) is 4.79 Å². The van der Waals surface area contributed by atoms with E-state index >= 15 is 0 Å². The first kappa shape index (κ1) is 14.3. The molecule has 0 fully saturated rings. The van der Waals surface area contributed by atoms with Crippen LogP contribution in [-0.4, -0.2) is 16.9 Å². The Morgan fingerprint density at radius 2 is 2.15 bits per heavy atom. The van der Waals surface area contributed by atoms with E-state index in [1.165, 1.54) is 6.26 Å². The van der Waals surface area contributed by atoms with Gasteiger partial charge in [0.15, 0.2) is 0 Å². The van der Waals surface area contributed by atoms with Crippen LogP contribution in [0.5, 0.6) is 0 Å². The highest BCUT2D eigenvalue weighted by atomic mass is 16.3. The van der Waals surface area contributed by atoms with E-state index in [-0.39, 0.29) is 11.8 Å². The average Bonchev–Trinajstić information content (AvgIpc) is 2.93. The first-order valence-corrected chi connectivity index (χ1v) is 6.56. The summed E-state index contributed by atoms with van der Waals surface area (Å²) < 4.78 is 5.30. The van der Waals surface area contributed by atoms with Gasteiger partial charge in [-0.2, -0.15) is 0 Å². The zero-order chi connectivity index (χ0) is 14.7. The number of anilines is 1. The molecule has 1 amide bonds. The lowest BCUT2D eigenvalue weighted by Gasteiger charge is -2.16. The van der Waals surface area contributed by atoms with Crippen molar-refractivity contribution >= 4 is 11.6 Å². The molecule has 0 aliphatic heterocycles. The highest BCUT2D eigenvalue weighted by molar-refractivity contribution is 5.95. The van der Waals surface area contributed by atoms with Gasteiger partial charge in [0.05, 0.1) is 12.2 Å². The van der Waals surface area contributed by atoms with Crippen LogP contribution < -0.4 is 11.1 Å². The Kier molecular flexibility index (Phi) is 4.20. The number of hydrogen-bond acceptors (Lipinski definition) is 4. The molecule has 2 rings (SSSR count). The molecule has 5 heteroatoms. The fraction of sp³-hybridized carbons (Fsp3) is 0.333. The van der Waals surface area contributed by atoms with Crippen LogP contribution >= 0.6 is 0 Å². The van der Waals surface area contributed by atoms with Crippen molar-refractivity contribution in [2.75, 3.05) is 5.32 Å². The van der Waals surface area contributed by atoms with Gasteiger partial charge >= 0.3 is 0 Å². The second-order valence-corrected chi connectivity index (χ2v) is 5.13. The smallest absolute Gasteiger partial charge is 0.241 e. The molecule has 1 aromatic heterocycles. The predicted octanol–water partition coefficient (Wildman–Crippen LogP) is 2.57. The van der Waals surface area contributed by atoms with Crippen LogP contribution in [0, 0.1) is 12.8 Å². The number of aromatic nitrogens is 1. The second-order valence-electron chi connectivity index (χ2n) is 5.13. The number of carbonyl (C=O) groups is 1. The van der Waals surface area contributed by atoms with Crippen LogP contribution in [0.2, 0.25) is 0 Å². The molecule has 0 saturated heterocycles. The van der Waals surface area contributed by atoms with E-state index in [1.807, 2.05) is 39.0 Å². The molecule has 0 aliphatic carbocycles. The summed E-state index contributed by atoms with van der Waals surface area (Å²) in [6.45, 7) is 5.79. The zero-order valence-electron chi connectivity index (χ0n) is 11.9. The fourth-order valence-electron chi connectivity index (χ4n) is 1.81. The number of nitrogens with zero attached hydrogens (tertiary/aromatic N) is 1. The summed E-state index contributed by atoms with van der Waals surface area (Å²) in [5.41, 5.74) is 8.39. The number of oxazole rings is 1. The first-order valence-electron chi connectivity index (χ1n) is 6.56. The van der Waals surface area contributed by atoms with Gasteiger partial charge in [-0.25, -0.2) is 4.98 Å². The summed E-state index contributed by atoms with van der Waals surface area (Å²) in [7, 11) is 0. The number of amides is 1. The van der Waals surface area contributed by atoms with Gasteiger partial charge in [0.25, 0.3) is 0 Å². The molecule has 2 aromatic rings. The number of carbonyl (C=O) groups excluding carboxylic acids is 1. The van der Waals surface area contributed by atoms with E-state index in [1.54, 1.807) is 6.20 Å². The minimum absolute atomic E-state index is 0.0895. The van der Waals surface area contributed by atoms with Crippen LogP contribution in [0.4, 0.5) is 5.69 Å². The van der Waals surface area contributed by atoms with Crippen molar-refractivity contribution in [3.63, 3.8) is 0 Å². The lowest BCUT2D eigenvalue weighted by molar-refractivity contribution is -0.118. The van der Waals surface area contributed by atoms with Gasteiger partial charge in [0.1, 0.15) is 6.26 Å². The maximum absolute atomic E-state index is 12.0. The minimum atomic E-state index is -0.526. The number of benzene rings is 1. The summed E-state index contributed by atoms with van der Waals surface area (Å²) in [4.78, 5) is 16.1. The van der Waals surface area contributed by atoms with E-state index in [2.05, 4.69) is 10.3 Å². The number of nitrogens with one attached hydrogen (secondary N) is 1. The predicted molar refractivity (Wildman–Crippen MR) is 78.1 cm³/mol.